The fourth-order valence-electron chi connectivity index (χ4n) is 2.21. The summed E-state index contributed by atoms with van der Waals surface area (Å²) in [5.74, 6) is -1.51. The van der Waals surface area contributed by atoms with Crippen molar-refractivity contribution in [3.63, 3.8) is 0 Å². The molecule has 3 N–H and O–H groups in total. The van der Waals surface area contributed by atoms with Gasteiger partial charge in [-0.25, -0.2) is 9.37 Å². The molecular weight excluding hydrogens is 319 g/mol. The second-order valence-electron chi connectivity index (χ2n) is 4.99. The van der Waals surface area contributed by atoms with E-state index in [0.717, 1.165) is 11.8 Å². The van der Waals surface area contributed by atoms with Crippen LogP contribution >= 0.6 is 11.3 Å². The number of carbonyl (C=O) groups is 1. The fourth-order valence-corrected chi connectivity index (χ4v) is 3.10. The predicted molar refractivity (Wildman–Crippen MR) is 86.3 cm³/mol. The number of thiazole rings is 1. The van der Waals surface area contributed by atoms with Gasteiger partial charge >= 0.3 is 0 Å². The van der Waals surface area contributed by atoms with Crippen LogP contribution in [-0.4, -0.2) is 15.3 Å². The van der Waals surface area contributed by atoms with Crippen LogP contribution in [0.4, 0.5) is 10.1 Å². The normalized spacial score (nSPS) is 10.9. The molecule has 8 heteroatoms. The molecule has 1 amide bonds. The number of rotatable bonds is 4. The Morgan fingerprint density at radius 2 is 2.22 bits per heavy atom. The molecule has 23 heavy (non-hydrogen) atoms. The number of carbonyl (C=O) groups excluding carboxylic acids is 1. The van der Waals surface area contributed by atoms with Crippen molar-refractivity contribution >= 4 is 27.9 Å². The van der Waals surface area contributed by atoms with Crippen LogP contribution in [-0.2, 0) is 6.54 Å². The summed E-state index contributed by atoms with van der Waals surface area (Å²) in [5, 5.41) is 4.86. The van der Waals surface area contributed by atoms with Gasteiger partial charge in [0.1, 0.15) is 5.82 Å². The number of nitrogens with one attached hydrogen (secondary N) is 1. The molecule has 0 atom stereocenters. The molecule has 118 valence electrons. The number of amides is 1. The Balaban J connectivity index is 1.85. The van der Waals surface area contributed by atoms with E-state index >= 15 is 0 Å². The molecule has 0 aliphatic carbocycles. The standard InChI is InChI=1S/C15H13FN4O2S/c1-8-7-23-15-19-10(5-13(21)20(8)15)6-18-9-2-3-12(16)11(4-9)14(17)22/h2-5,7,18H,6H2,1H3,(H2,17,22). The molecule has 1 aromatic carbocycles. The third-order valence-electron chi connectivity index (χ3n) is 3.33. The molecule has 0 unspecified atom stereocenters. The summed E-state index contributed by atoms with van der Waals surface area (Å²) in [4.78, 5) is 28.2. The number of primary amides is 1. The molecule has 2 aromatic heterocycles. The van der Waals surface area contributed by atoms with Gasteiger partial charge in [-0.15, -0.1) is 11.3 Å². The second kappa shape index (κ2) is 5.81. The number of hydrogen-bond acceptors (Lipinski definition) is 5. The van der Waals surface area contributed by atoms with E-state index in [0.29, 0.717) is 16.3 Å². The zero-order chi connectivity index (χ0) is 16.6. The Labute approximate surface area is 134 Å². The summed E-state index contributed by atoms with van der Waals surface area (Å²) in [7, 11) is 0. The highest BCUT2D eigenvalue weighted by atomic mass is 32.1. The second-order valence-corrected chi connectivity index (χ2v) is 5.83. The van der Waals surface area contributed by atoms with E-state index in [4.69, 9.17) is 5.73 Å². The zero-order valence-electron chi connectivity index (χ0n) is 12.2. The van der Waals surface area contributed by atoms with Gasteiger partial charge in [-0.2, -0.15) is 0 Å². The molecule has 0 aliphatic rings. The van der Waals surface area contributed by atoms with E-state index < -0.39 is 11.7 Å². The average Bonchev–Trinajstić information content (AvgIpc) is 2.88. The van der Waals surface area contributed by atoms with Crippen LogP contribution in [0.1, 0.15) is 21.7 Å². The Morgan fingerprint density at radius 1 is 1.43 bits per heavy atom. The van der Waals surface area contributed by atoms with Gasteiger partial charge < -0.3 is 11.1 Å². The van der Waals surface area contributed by atoms with Gasteiger partial charge in [0.15, 0.2) is 4.96 Å². The lowest BCUT2D eigenvalue weighted by atomic mass is 10.1. The van der Waals surface area contributed by atoms with Crippen molar-refractivity contribution in [3.05, 3.63) is 62.8 Å². The first kappa shape index (κ1) is 15.2. The highest BCUT2D eigenvalue weighted by molar-refractivity contribution is 7.15. The summed E-state index contributed by atoms with van der Waals surface area (Å²) >= 11 is 1.39. The monoisotopic (exact) mass is 332 g/mol. The lowest BCUT2D eigenvalue weighted by molar-refractivity contribution is 0.0996. The van der Waals surface area contributed by atoms with Crippen LogP contribution in [0.2, 0.25) is 0 Å². The Bertz CT molecular complexity index is 964. The summed E-state index contributed by atoms with van der Waals surface area (Å²) in [5.41, 5.74) is 6.69. The molecule has 6 nitrogen and oxygen atoms in total. The van der Waals surface area contributed by atoms with Gasteiger partial charge in [0.05, 0.1) is 17.8 Å². The van der Waals surface area contributed by atoms with Gasteiger partial charge in [-0.3, -0.25) is 14.0 Å². The molecule has 0 aliphatic heterocycles. The van der Waals surface area contributed by atoms with E-state index in [1.165, 1.54) is 33.9 Å². The number of anilines is 1. The molecule has 0 saturated carbocycles. The Morgan fingerprint density at radius 3 is 2.96 bits per heavy atom. The number of nitrogens with zero attached hydrogens (tertiary/aromatic N) is 2. The van der Waals surface area contributed by atoms with Gasteiger partial charge in [-0.1, -0.05) is 0 Å². The molecule has 0 saturated heterocycles. The topological polar surface area (TPSA) is 89.5 Å². The fraction of sp³-hybridized carbons (Fsp3) is 0.133. The number of halogens is 1. The number of benzene rings is 1. The molecular formula is C15H13FN4O2S. The molecule has 0 bridgehead atoms. The van der Waals surface area contributed by atoms with Crippen molar-refractivity contribution < 1.29 is 9.18 Å². The molecule has 2 heterocycles. The van der Waals surface area contributed by atoms with Crippen LogP contribution in [0.3, 0.4) is 0 Å². The van der Waals surface area contributed by atoms with Crippen molar-refractivity contribution in [2.45, 2.75) is 13.5 Å². The molecule has 0 radical (unpaired) electrons. The SMILES string of the molecule is Cc1csc2nc(CNc3ccc(F)c(C(N)=O)c3)cc(=O)n12. The summed E-state index contributed by atoms with van der Waals surface area (Å²) < 4.78 is 15.0. The van der Waals surface area contributed by atoms with E-state index in [1.54, 1.807) is 0 Å². The molecule has 0 spiro atoms. The molecule has 0 fully saturated rings. The van der Waals surface area contributed by atoms with E-state index in [9.17, 15) is 14.0 Å². The lowest BCUT2D eigenvalue weighted by Crippen LogP contribution is -2.17. The highest BCUT2D eigenvalue weighted by Crippen LogP contribution is 2.16. The van der Waals surface area contributed by atoms with Crippen LogP contribution < -0.4 is 16.6 Å². The zero-order valence-corrected chi connectivity index (χ0v) is 13.0. The maximum absolute atomic E-state index is 13.4. The summed E-state index contributed by atoms with van der Waals surface area (Å²) in [6.45, 7) is 2.11. The number of fused-ring (bicyclic) bond motifs is 1. The number of aryl methyl sites for hydroxylation is 1. The lowest BCUT2D eigenvalue weighted by Gasteiger charge is -2.08. The number of hydrogen-bond donors (Lipinski definition) is 2. The first-order valence-electron chi connectivity index (χ1n) is 6.75. The van der Waals surface area contributed by atoms with Gasteiger partial charge in [-0.05, 0) is 25.1 Å². The van der Waals surface area contributed by atoms with Crippen molar-refractivity contribution in [1.29, 1.82) is 0 Å². The Hall–Kier alpha value is -2.74. The highest BCUT2D eigenvalue weighted by Gasteiger charge is 2.10. The third-order valence-corrected chi connectivity index (χ3v) is 4.28. The minimum Gasteiger partial charge on any atom is -0.379 e. The van der Waals surface area contributed by atoms with Gasteiger partial charge in [0.2, 0.25) is 0 Å². The average molecular weight is 332 g/mol. The van der Waals surface area contributed by atoms with Gasteiger partial charge in [0, 0.05) is 22.8 Å². The smallest absolute Gasteiger partial charge is 0.259 e. The third kappa shape index (κ3) is 2.93. The maximum Gasteiger partial charge on any atom is 0.259 e. The minimum atomic E-state index is -0.835. The maximum atomic E-state index is 13.4. The van der Waals surface area contributed by atoms with Crippen LogP contribution in [0.15, 0.2) is 34.4 Å². The van der Waals surface area contributed by atoms with E-state index in [-0.39, 0.29) is 17.7 Å². The summed E-state index contributed by atoms with van der Waals surface area (Å²) in [6.07, 6.45) is 0. The van der Waals surface area contributed by atoms with Crippen molar-refractivity contribution in [3.8, 4) is 0 Å². The van der Waals surface area contributed by atoms with Gasteiger partial charge in [0.25, 0.3) is 11.5 Å². The number of aromatic nitrogens is 2. The summed E-state index contributed by atoms with van der Waals surface area (Å²) in [6, 6.07) is 5.43. The first-order chi connectivity index (χ1) is 11.0. The molecule has 3 rings (SSSR count). The van der Waals surface area contributed by atoms with Crippen LogP contribution in [0.5, 0.6) is 0 Å². The van der Waals surface area contributed by atoms with Crippen LogP contribution in [0, 0.1) is 12.7 Å². The largest absolute Gasteiger partial charge is 0.379 e. The number of nitrogens with two attached hydrogens (primary N) is 1. The molecule has 3 aromatic rings. The van der Waals surface area contributed by atoms with Crippen LogP contribution in [0.25, 0.3) is 4.96 Å². The van der Waals surface area contributed by atoms with Crippen molar-refractivity contribution in [2.24, 2.45) is 5.73 Å². The Kier molecular flexibility index (Phi) is 3.83. The quantitative estimate of drug-likeness (QED) is 0.764. The minimum absolute atomic E-state index is 0.150. The predicted octanol–water partition coefficient (Wildman–Crippen LogP) is 1.91. The van der Waals surface area contributed by atoms with E-state index in [2.05, 4.69) is 10.3 Å². The van der Waals surface area contributed by atoms with E-state index in [1.807, 2.05) is 12.3 Å². The van der Waals surface area contributed by atoms with Crippen molar-refractivity contribution in [1.82, 2.24) is 9.38 Å². The first-order valence-corrected chi connectivity index (χ1v) is 7.63. The van der Waals surface area contributed by atoms with Crippen molar-refractivity contribution in [2.75, 3.05) is 5.32 Å².